The third-order valence-electron chi connectivity index (χ3n) is 5.46. The second kappa shape index (κ2) is 10.2. The van der Waals surface area contributed by atoms with Crippen LogP contribution in [0.3, 0.4) is 0 Å². The molecule has 0 atom stereocenters. The van der Waals surface area contributed by atoms with Gasteiger partial charge in [-0.15, -0.1) is 0 Å². The van der Waals surface area contributed by atoms with E-state index in [2.05, 4.69) is 35.6 Å². The summed E-state index contributed by atoms with van der Waals surface area (Å²) in [6.45, 7) is 8.13. The number of carbonyl (C=O) groups excluding carboxylic acids is 1. The van der Waals surface area contributed by atoms with Gasteiger partial charge in [-0.2, -0.15) is 0 Å². The first-order chi connectivity index (χ1) is 14.3. The van der Waals surface area contributed by atoms with E-state index >= 15 is 0 Å². The van der Waals surface area contributed by atoms with Crippen LogP contribution in [0.4, 0.5) is 0 Å². The molecule has 1 saturated heterocycles. The van der Waals surface area contributed by atoms with Crippen LogP contribution >= 0.6 is 0 Å². The molecule has 1 fully saturated rings. The minimum Gasteiger partial charge on any atom is -0.340 e. The van der Waals surface area contributed by atoms with Crippen molar-refractivity contribution in [2.24, 2.45) is 0 Å². The Kier molecular flexibility index (Phi) is 7.64. The molecule has 2 aromatic rings. The molecule has 1 heterocycles. The van der Waals surface area contributed by atoms with Crippen molar-refractivity contribution in [2.75, 3.05) is 32.7 Å². The average Bonchev–Trinajstić information content (AvgIpc) is 2.75. The van der Waals surface area contributed by atoms with Crippen LogP contribution in [0.5, 0.6) is 0 Å². The number of sulfonamides is 1. The van der Waals surface area contributed by atoms with Crippen molar-refractivity contribution in [3.63, 3.8) is 0 Å². The lowest BCUT2D eigenvalue weighted by molar-refractivity contribution is -0.132. The Morgan fingerprint density at radius 2 is 1.60 bits per heavy atom. The molecule has 1 aliphatic rings. The van der Waals surface area contributed by atoms with Gasteiger partial charge < -0.3 is 4.90 Å². The lowest BCUT2D eigenvalue weighted by atomic mass is 10.0. The highest BCUT2D eigenvalue weighted by Crippen LogP contribution is 2.17. The topological polar surface area (TPSA) is 69.7 Å². The molecule has 2 aromatic carbocycles. The van der Waals surface area contributed by atoms with E-state index in [0.29, 0.717) is 19.0 Å². The summed E-state index contributed by atoms with van der Waals surface area (Å²) in [4.78, 5) is 16.9. The normalized spacial score (nSPS) is 15.5. The number of nitrogens with one attached hydrogen (secondary N) is 1. The van der Waals surface area contributed by atoms with Crippen LogP contribution in [-0.4, -0.2) is 56.8 Å². The number of hydrogen-bond acceptors (Lipinski definition) is 4. The van der Waals surface area contributed by atoms with Gasteiger partial charge in [0.05, 0.1) is 4.90 Å². The number of carbonyl (C=O) groups is 1. The fourth-order valence-electron chi connectivity index (χ4n) is 3.56. The van der Waals surface area contributed by atoms with E-state index < -0.39 is 10.0 Å². The number of nitrogens with zero attached hydrogens (tertiary/aromatic N) is 2. The maximum absolute atomic E-state index is 12.5. The molecule has 1 aliphatic heterocycles. The van der Waals surface area contributed by atoms with Gasteiger partial charge in [0.1, 0.15) is 0 Å². The van der Waals surface area contributed by atoms with E-state index in [1.165, 1.54) is 5.56 Å². The van der Waals surface area contributed by atoms with E-state index in [4.69, 9.17) is 0 Å². The van der Waals surface area contributed by atoms with Gasteiger partial charge in [-0.1, -0.05) is 56.3 Å². The van der Waals surface area contributed by atoms with E-state index in [0.717, 1.165) is 25.2 Å². The Balaban J connectivity index is 1.42. The average molecular weight is 430 g/mol. The summed E-state index contributed by atoms with van der Waals surface area (Å²) in [5.74, 6) is 0.340. The minimum atomic E-state index is -3.60. The number of rotatable bonds is 8. The van der Waals surface area contributed by atoms with Crippen LogP contribution < -0.4 is 4.72 Å². The fraction of sp³-hybridized carbons (Fsp3) is 0.435. The van der Waals surface area contributed by atoms with Crippen LogP contribution in [-0.2, 0) is 21.4 Å². The van der Waals surface area contributed by atoms with Gasteiger partial charge >= 0.3 is 0 Å². The predicted octanol–water partition coefficient (Wildman–Crippen LogP) is 2.82. The SMILES string of the molecule is CC(C)c1ccc(S(=O)(=O)NCCC(=O)N2CCN(Cc3ccccc3)CC2)cc1. The first kappa shape index (κ1) is 22.5. The summed E-state index contributed by atoms with van der Waals surface area (Å²) in [7, 11) is -3.60. The van der Waals surface area contributed by atoms with Gasteiger partial charge in [0.15, 0.2) is 0 Å². The Morgan fingerprint density at radius 3 is 2.20 bits per heavy atom. The van der Waals surface area contributed by atoms with Gasteiger partial charge in [0, 0.05) is 45.7 Å². The van der Waals surface area contributed by atoms with Crippen LogP contribution in [0, 0.1) is 0 Å². The zero-order valence-electron chi connectivity index (χ0n) is 17.8. The molecular formula is C23H31N3O3S. The second-order valence-corrected chi connectivity index (χ2v) is 9.78. The summed E-state index contributed by atoms with van der Waals surface area (Å²) in [6.07, 6.45) is 0.169. The molecule has 0 aromatic heterocycles. The standard InChI is InChI=1S/C23H31N3O3S/c1-19(2)21-8-10-22(11-9-21)30(28,29)24-13-12-23(27)26-16-14-25(15-17-26)18-20-6-4-3-5-7-20/h3-11,19,24H,12-18H2,1-2H3. The molecule has 162 valence electrons. The van der Waals surface area contributed by atoms with Gasteiger partial charge in [0.2, 0.25) is 15.9 Å². The smallest absolute Gasteiger partial charge is 0.240 e. The zero-order valence-corrected chi connectivity index (χ0v) is 18.6. The van der Waals surface area contributed by atoms with Gasteiger partial charge in [-0.05, 0) is 29.2 Å². The van der Waals surface area contributed by atoms with Crippen molar-refractivity contribution in [3.8, 4) is 0 Å². The molecule has 3 rings (SSSR count). The van der Waals surface area contributed by atoms with Crippen molar-refractivity contribution in [3.05, 3.63) is 65.7 Å². The number of piperazine rings is 1. The zero-order chi connectivity index (χ0) is 21.6. The third kappa shape index (κ3) is 6.14. The summed E-state index contributed by atoms with van der Waals surface area (Å²) in [6, 6.07) is 17.2. The first-order valence-corrected chi connectivity index (χ1v) is 12.0. The Labute approximate surface area is 179 Å². The molecule has 7 heteroatoms. The van der Waals surface area contributed by atoms with E-state index in [1.807, 2.05) is 35.2 Å². The highest BCUT2D eigenvalue weighted by atomic mass is 32.2. The quantitative estimate of drug-likeness (QED) is 0.701. The minimum absolute atomic E-state index is 0.00721. The molecule has 0 unspecified atom stereocenters. The van der Waals surface area contributed by atoms with E-state index in [1.54, 1.807) is 12.1 Å². The lowest BCUT2D eigenvalue weighted by Crippen LogP contribution is -2.48. The molecule has 0 saturated carbocycles. The Hall–Kier alpha value is -2.22. The lowest BCUT2D eigenvalue weighted by Gasteiger charge is -2.34. The molecule has 1 N–H and O–H groups in total. The monoisotopic (exact) mass is 429 g/mol. The van der Waals surface area contributed by atoms with Crippen molar-refractivity contribution in [2.45, 2.75) is 37.6 Å². The molecule has 6 nitrogen and oxygen atoms in total. The van der Waals surface area contributed by atoms with E-state index in [-0.39, 0.29) is 23.8 Å². The molecular weight excluding hydrogens is 398 g/mol. The molecule has 30 heavy (non-hydrogen) atoms. The number of amides is 1. The van der Waals surface area contributed by atoms with Crippen molar-refractivity contribution < 1.29 is 13.2 Å². The Morgan fingerprint density at radius 1 is 0.967 bits per heavy atom. The summed E-state index contributed by atoms with van der Waals surface area (Å²) >= 11 is 0. The maximum Gasteiger partial charge on any atom is 0.240 e. The Bertz CT molecular complexity index is 920. The maximum atomic E-state index is 12.5. The van der Waals surface area contributed by atoms with Gasteiger partial charge in [-0.25, -0.2) is 13.1 Å². The van der Waals surface area contributed by atoms with Gasteiger partial charge in [0.25, 0.3) is 0 Å². The second-order valence-electron chi connectivity index (χ2n) is 8.01. The molecule has 0 bridgehead atoms. The molecule has 0 radical (unpaired) electrons. The van der Waals surface area contributed by atoms with Crippen molar-refractivity contribution in [1.82, 2.24) is 14.5 Å². The molecule has 0 aliphatic carbocycles. The van der Waals surface area contributed by atoms with Crippen molar-refractivity contribution >= 4 is 15.9 Å². The number of benzene rings is 2. The summed E-state index contributed by atoms with van der Waals surface area (Å²) in [5.41, 5.74) is 2.36. The van der Waals surface area contributed by atoms with Crippen molar-refractivity contribution in [1.29, 1.82) is 0 Å². The van der Waals surface area contributed by atoms with E-state index in [9.17, 15) is 13.2 Å². The molecule has 1 amide bonds. The van der Waals surface area contributed by atoms with Crippen LogP contribution in [0.25, 0.3) is 0 Å². The highest BCUT2D eigenvalue weighted by molar-refractivity contribution is 7.89. The molecule has 0 spiro atoms. The number of hydrogen-bond donors (Lipinski definition) is 1. The van der Waals surface area contributed by atoms with Crippen LogP contribution in [0.1, 0.15) is 37.3 Å². The highest BCUT2D eigenvalue weighted by Gasteiger charge is 2.22. The van der Waals surface area contributed by atoms with Crippen LogP contribution in [0.15, 0.2) is 59.5 Å². The van der Waals surface area contributed by atoms with Crippen LogP contribution in [0.2, 0.25) is 0 Å². The predicted molar refractivity (Wildman–Crippen MR) is 119 cm³/mol. The largest absolute Gasteiger partial charge is 0.340 e. The summed E-state index contributed by atoms with van der Waals surface area (Å²) in [5, 5.41) is 0. The third-order valence-corrected chi connectivity index (χ3v) is 6.94. The summed E-state index contributed by atoms with van der Waals surface area (Å²) < 4.78 is 27.4. The fourth-order valence-corrected chi connectivity index (χ4v) is 4.59. The first-order valence-electron chi connectivity index (χ1n) is 10.5. The van der Waals surface area contributed by atoms with Gasteiger partial charge in [-0.3, -0.25) is 9.69 Å².